The summed E-state index contributed by atoms with van der Waals surface area (Å²) < 4.78 is 5.64. The number of hydrogen-bond acceptors (Lipinski definition) is 4. The van der Waals surface area contributed by atoms with Gasteiger partial charge in [0.25, 0.3) is 0 Å². The average Bonchev–Trinajstić information content (AvgIpc) is 2.99. The summed E-state index contributed by atoms with van der Waals surface area (Å²) in [6, 6.07) is 0. The van der Waals surface area contributed by atoms with Crippen LogP contribution in [0.15, 0.2) is 35.6 Å². The molecule has 0 spiro atoms. The van der Waals surface area contributed by atoms with Gasteiger partial charge in [-0.2, -0.15) is 0 Å². The van der Waals surface area contributed by atoms with E-state index < -0.39 is 0 Å². The number of ketones is 1. The van der Waals surface area contributed by atoms with Gasteiger partial charge in [0.2, 0.25) is 0 Å². The van der Waals surface area contributed by atoms with Crippen LogP contribution in [0, 0.1) is 35.0 Å². The minimum atomic E-state index is 0.0369. The molecule has 0 aromatic heterocycles. The van der Waals surface area contributed by atoms with Gasteiger partial charge in [0, 0.05) is 18.8 Å². The number of aliphatic hydroxyl groups excluding tert-OH is 2. The Morgan fingerprint density at radius 1 is 1.30 bits per heavy atom. The standard InChI is InChI=1S/C23H32O4/c1-23-14-21(26)22-18-8-6-17(27-12-11-25)13-15(18)4-7-19(22)20(23)9-5-16(23)3-2-10-24/h2-4,13,16,18-20,22,24-25H,5-12,14H2,1H3/t16-,18+,19+,20+,22-,23-/m1/s1. The van der Waals surface area contributed by atoms with E-state index in [0.717, 1.165) is 31.4 Å². The maximum Gasteiger partial charge on any atom is 0.137 e. The summed E-state index contributed by atoms with van der Waals surface area (Å²) in [7, 11) is 0. The van der Waals surface area contributed by atoms with Crippen LogP contribution in [0.1, 0.15) is 45.4 Å². The summed E-state index contributed by atoms with van der Waals surface area (Å²) in [6.45, 7) is 2.78. The number of aliphatic hydroxyl groups is 2. The van der Waals surface area contributed by atoms with Crippen LogP contribution in [0.25, 0.3) is 0 Å². The minimum Gasteiger partial charge on any atom is -0.496 e. The Morgan fingerprint density at radius 2 is 2.15 bits per heavy atom. The number of carbonyl (C=O) groups excluding carboxylic acids is 1. The van der Waals surface area contributed by atoms with Crippen molar-refractivity contribution in [1.29, 1.82) is 0 Å². The first-order valence-corrected chi connectivity index (χ1v) is 10.5. The Morgan fingerprint density at radius 3 is 2.93 bits per heavy atom. The zero-order valence-corrected chi connectivity index (χ0v) is 16.3. The quantitative estimate of drug-likeness (QED) is 0.726. The lowest BCUT2D eigenvalue weighted by molar-refractivity contribution is -0.138. The number of rotatable bonds is 5. The molecule has 148 valence electrons. The molecule has 0 unspecified atom stereocenters. The number of ether oxygens (including phenoxy) is 1. The van der Waals surface area contributed by atoms with Gasteiger partial charge in [-0.25, -0.2) is 0 Å². The lowest BCUT2D eigenvalue weighted by atomic mass is 9.52. The van der Waals surface area contributed by atoms with E-state index in [1.165, 1.54) is 12.0 Å². The van der Waals surface area contributed by atoms with Crippen molar-refractivity contribution in [2.45, 2.75) is 45.4 Å². The Labute approximate surface area is 162 Å². The lowest BCUT2D eigenvalue weighted by Gasteiger charge is -2.51. The molecule has 4 aliphatic rings. The number of allylic oxidation sites excluding steroid dienone is 5. The van der Waals surface area contributed by atoms with Gasteiger partial charge < -0.3 is 14.9 Å². The number of carbonyl (C=O) groups is 1. The number of Topliss-reactive ketones (excluding diaryl/α,β-unsaturated/α-hetero) is 1. The molecule has 0 saturated heterocycles. The van der Waals surface area contributed by atoms with Gasteiger partial charge in [-0.15, -0.1) is 0 Å². The molecular weight excluding hydrogens is 340 g/mol. The molecule has 6 atom stereocenters. The Hall–Kier alpha value is -1.39. The molecule has 4 aliphatic carbocycles. The van der Waals surface area contributed by atoms with Crippen molar-refractivity contribution < 1.29 is 19.7 Å². The largest absolute Gasteiger partial charge is 0.496 e. The number of hydrogen-bond donors (Lipinski definition) is 2. The van der Waals surface area contributed by atoms with Gasteiger partial charge in [0.05, 0.1) is 19.0 Å². The molecule has 2 saturated carbocycles. The molecule has 4 rings (SSSR count). The van der Waals surface area contributed by atoms with E-state index in [9.17, 15) is 4.79 Å². The van der Waals surface area contributed by atoms with Crippen LogP contribution in [0.3, 0.4) is 0 Å². The minimum absolute atomic E-state index is 0.0369. The molecule has 0 heterocycles. The highest BCUT2D eigenvalue weighted by molar-refractivity contribution is 5.84. The number of fused-ring (bicyclic) bond motifs is 5. The second-order valence-corrected chi connectivity index (χ2v) is 9.01. The van der Waals surface area contributed by atoms with E-state index in [1.807, 2.05) is 6.08 Å². The van der Waals surface area contributed by atoms with Gasteiger partial charge in [0.1, 0.15) is 12.4 Å². The van der Waals surface area contributed by atoms with Crippen LogP contribution in [-0.2, 0) is 9.53 Å². The van der Waals surface area contributed by atoms with Crippen molar-refractivity contribution in [1.82, 2.24) is 0 Å². The first-order chi connectivity index (χ1) is 13.1. The average molecular weight is 373 g/mol. The van der Waals surface area contributed by atoms with Crippen molar-refractivity contribution in [2.75, 3.05) is 19.8 Å². The van der Waals surface area contributed by atoms with Crippen molar-refractivity contribution >= 4 is 5.78 Å². The van der Waals surface area contributed by atoms with Crippen molar-refractivity contribution in [3.8, 4) is 0 Å². The molecule has 2 fully saturated rings. The van der Waals surface area contributed by atoms with Gasteiger partial charge in [-0.1, -0.05) is 25.2 Å². The third kappa shape index (κ3) is 3.21. The Kier molecular flexibility index (Phi) is 5.30. The third-order valence-corrected chi connectivity index (χ3v) is 7.76. The van der Waals surface area contributed by atoms with E-state index in [1.54, 1.807) is 0 Å². The molecule has 27 heavy (non-hydrogen) atoms. The summed E-state index contributed by atoms with van der Waals surface area (Å²) in [5, 5.41) is 18.1. The van der Waals surface area contributed by atoms with E-state index in [4.69, 9.17) is 14.9 Å². The second kappa shape index (κ2) is 7.56. The highest BCUT2D eigenvalue weighted by Gasteiger charge is 2.58. The molecular formula is C23H32O4. The predicted octanol–water partition coefficient (Wildman–Crippen LogP) is 3.41. The first-order valence-electron chi connectivity index (χ1n) is 10.5. The molecule has 0 aromatic carbocycles. The monoisotopic (exact) mass is 372 g/mol. The van der Waals surface area contributed by atoms with Crippen LogP contribution in [-0.4, -0.2) is 35.8 Å². The van der Waals surface area contributed by atoms with Gasteiger partial charge in [-0.3, -0.25) is 4.79 Å². The molecule has 4 heteroatoms. The molecule has 0 radical (unpaired) electrons. The summed E-state index contributed by atoms with van der Waals surface area (Å²) >= 11 is 0. The van der Waals surface area contributed by atoms with Gasteiger partial charge in [0.15, 0.2) is 0 Å². The summed E-state index contributed by atoms with van der Waals surface area (Å²) in [5.74, 6) is 3.39. The second-order valence-electron chi connectivity index (χ2n) is 9.01. The van der Waals surface area contributed by atoms with E-state index in [0.29, 0.717) is 42.5 Å². The van der Waals surface area contributed by atoms with Crippen molar-refractivity contribution in [3.63, 3.8) is 0 Å². The van der Waals surface area contributed by atoms with Gasteiger partial charge in [-0.05, 0) is 66.4 Å². The van der Waals surface area contributed by atoms with Crippen LogP contribution in [0.5, 0.6) is 0 Å². The summed E-state index contributed by atoms with van der Waals surface area (Å²) in [6.07, 6.45) is 14.3. The lowest BCUT2D eigenvalue weighted by Crippen LogP contribution is -2.50. The molecule has 0 amide bonds. The van der Waals surface area contributed by atoms with Crippen LogP contribution < -0.4 is 0 Å². The van der Waals surface area contributed by atoms with Crippen LogP contribution in [0.4, 0.5) is 0 Å². The predicted molar refractivity (Wildman–Crippen MR) is 104 cm³/mol. The smallest absolute Gasteiger partial charge is 0.137 e. The molecule has 4 nitrogen and oxygen atoms in total. The van der Waals surface area contributed by atoms with Crippen LogP contribution >= 0.6 is 0 Å². The van der Waals surface area contributed by atoms with Gasteiger partial charge >= 0.3 is 0 Å². The maximum atomic E-state index is 13.3. The van der Waals surface area contributed by atoms with E-state index in [2.05, 4.69) is 25.2 Å². The normalized spacial score (nSPS) is 40.9. The fourth-order valence-corrected chi connectivity index (χ4v) is 6.61. The van der Waals surface area contributed by atoms with Crippen molar-refractivity contribution in [3.05, 3.63) is 35.6 Å². The fraction of sp³-hybridized carbons (Fsp3) is 0.696. The Balaban J connectivity index is 1.58. The molecule has 0 aliphatic heterocycles. The topological polar surface area (TPSA) is 66.8 Å². The molecule has 2 N–H and O–H groups in total. The van der Waals surface area contributed by atoms with E-state index >= 15 is 0 Å². The maximum absolute atomic E-state index is 13.3. The fourth-order valence-electron chi connectivity index (χ4n) is 6.61. The third-order valence-electron chi connectivity index (χ3n) is 7.76. The van der Waals surface area contributed by atoms with E-state index in [-0.39, 0.29) is 24.5 Å². The summed E-state index contributed by atoms with van der Waals surface area (Å²) in [5.41, 5.74) is 1.33. The SMILES string of the molecule is C[C@]12CC(=O)[C@H]3[C@@H](CC=C4C=C(OCCO)CC[C@@H]43)[C@@H]1CC[C@H]2C=CCO. The zero-order chi connectivity index (χ0) is 19.0. The summed E-state index contributed by atoms with van der Waals surface area (Å²) in [4.78, 5) is 13.3. The zero-order valence-electron chi connectivity index (χ0n) is 16.3. The van der Waals surface area contributed by atoms with Crippen LogP contribution in [0.2, 0.25) is 0 Å². The highest BCUT2D eigenvalue weighted by Crippen LogP contribution is 2.62. The molecule has 0 aromatic rings. The van der Waals surface area contributed by atoms with Crippen molar-refractivity contribution in [2.24, 2.45) is 35.0 Å². The Bertz CT molecular complexity index is 676. The highest BCUT2D eigenvalue weighted by atomic mass is 16.5. The molecule has 0 bridgehead atoms. The first kappa shape index (κ1) is 18.9.